The summed E-state index contributed by atoms with van der Waals surface area (Å²) in [6.45, 7) is 0. The van der Waals surface area contributed by atoms with Crippen molar-refractivity contribution in [2.75, 3.05) is 7.11 Å². The van der Waals surface area contributed by atoms with E-state index < -0.39 is 0 Å². The normalized spacial score (nSPS) is 21.1. The Balaban J connectivity index is 2.15. The molecule has 0 aromatic heterocycles. The third-order valence-electron chi connectivity index (χ3n) is 4.14. The standard InChI is InChI=1S/C15H18O/c1-16-14-8-4-7-13-12(14)6-5-11-15(13)9-2-3-10-15/h4-5,7-8,11H,2-3,6,9-10H2,1H3. The van der Waals surface area contributed by atoms with Gasteiger partial charge in [-0.2, -0.15) is 0 Å². The van der Waals surface area contributed by atoms with E-state index in [1.54, 1.807) is 7.11 Å². The fourth-order valence-electron chi connectivity index (χ4n) is 3.37. The summed E-state index contributed by atoms with van der Waals surface area (Å²) in [6.07, 6.45) is 11.1. The highest BCUT2D eigenvalue weighted by Crippen LogP contribution is 2.47. The Hall–Kier alpha value is -1.24. The molecule has 0 saturated heterocycles. The predicted octanol–water partition coefficient (Wildman–Crippen LogP) is 3.62. The van der Waals surface area contributed by atoms with Crippen LogP contribution in [0.3, 0.4) is 0 Å². The van der Waals surface area contributed by atoms with Crippen LogP contribution in [-0.4, -0.2) is 7.11 Å². The van der Waals surface area contributed by atoms with Gasteiger partial charge >= 0.3 is 0 Å². The SMILES string of the molecule is COc1cccc2c1CC=CC21CCCC1. The minimum atomic E-state index is 0.335. The lowest BCUT2D eigenvalue weighted by Gasteiger charge is -2.32. The summed E-state index contributed by atoms with van der Waals surface area (Å²) in [7, 11) is 1.77. The highest BCUT2D eigenvalue weighted by atomic mass is 16.5. The maximum Gasteiger partial charge on any atom is 0.122 e. The van der Waals surface area contributed by atoms with E-state index in [-0.39, 0.29) is 0 Å². The van der Waals surface area contributed by atoms with Crippen LogP contribution in [0.15, 0.2) is 30.4 Å². The second-order valence-corrected chi connectivity index (χ2v) is 4.96. The highest BCUT2D eigenvalue weighted by molar-refractivity contribution is 5.50. The Bertz CT molecular complexity index is 425. The Kier molecular flexibility index (Phi) is 2.27. The van der Waals surface area contributed by atoms with Crippen molar-refractivity contribution in [2.45, 2.75) is 37.5 Å². The van der Waals surface area contributed by atoms with Gasteiger partial charge in [0, 0.05) is 11.0 Å². The van der Waals surface area contributed by atoms with E-state index >= 15 is 0 Å². The molecule has 0 amide bonds. The van der Waals surface area contributed by atoms with Gasteiger partial charge in [-0.25, -0.2) is 0 Å². The highest BCUT2D eigenvalue weighted by Gasteiger charge is 2.36. The summed E-state index contributed by atoms with van der Waals surface area (Å²) in [5.41, 5.74) is 3.27. The van der Waals surface area contributed by atoms with E-state index in [4.69, 9.17) is 4.74 Å². The molecule has 1 saturated carbocycles. The van der Waals surface area contributed by atoms with Gasteiger partial charge < -0.3 is 4.74 Å². The second kappa shape index (κ2) is 3.65. The van der Waals surface area contributed by atoms with E-state index in [2.05, 4.69) is 30.4 Å². The zero-order valence-electron chi connectivity index (χ0n) is 9.83. The number of hydrogen-bond acceptors (Lipinski definition) is 1. The Morgan fingerprint density at radius 1 is 1.19 bits per heavy atom. The molecular formula is C15H18O. The van der Waals surface area contributed by atoms with Gasteiger partial charge in [0.1, 0.15) is 5.75 Å². The first-order valence-corrected chi connectivity index (χ1v) is 6.20. The van der Waals surface area contributed by atoms with Crippen LogP contribution in [0, 0.1) is 0 Å². The molecule has 16 heavy (non-hydrogen) atoms. The van der Waals surface area contributed by atoms with Crippen molar-refractivity contribution in [3.05, 3.63) is 41.5 Å². The van der Waals surface area contributed by atoms with Crippen LogP contribution in [0.25, 0.3) is 0 Å². The molecular weight excluding hydrogens is 196 g/mol. The number of benzene rings is 1. The largest absolute Gasteiger partial charge is 0.496 e. The number of fused-ring (bicyclic) bond motifs is 2. The minimum absolute atomic E-state index is 0.335. The van der Waals surface area contributed by atoms with Crippen LogP contribution in [-0.2, 0) is 11.8 Å². The lowest BCUT2D eigenvalue weighted by Crippen LogP contribution is -2.23. The molecule has 0 heterocycles. The average molecular weight is 214 g/mol. The summed E-state index contributed by atoms with van der Waals surface area (Å²) in [5.74, 6) is 1.06. The smallest absolute Gasteiger partial charge is 0.122 e. The number of hydrogen-bond donors (Lipinski definition) is 0. The molecule has 0 N–H and O–H groups in total. The summed E-state index contributed by atoms with van der Waals surface area (Å²) < 4.78 is 5.48. The predicted molar refractivity (Wildman–Crippen MR) is 66.0 cm³/mol. The van der Waals surface area contributed by atoms with Gasteiger partial charge in [0.15, 0.2) is 0 Å². The zero-order chi connectivity index (χ0) is 11.0. The topological polar surface area (TPSA) is 9.23 Å². The molecule has 0 radical (unpaired) electrons. The molecule has 2 aliphatic rings. The summed E-state index contributed by atoms with van der Waals surface area (Å²) in [6, 6.07) is 6.52. The summed E-state index contributed by atoms with van der Waals surface area (Å²) in [4.78, 5) is 0. The molecule has 1 aromatic rings. The second-order valence-electron chi connectivity index (χ2n) is 4.96. The van der Waals surface area contributed by atoms with Crippen molar-refractivity contribution in [2.24, 2.45) is 0 Å². The van der Waals surface area contributed by atoms with Gasteiger partial charge in [0.25, 0.3) is 0 Å². The third kappa shape index (κ3) is 1.31. The van der Waals surface area contributed by atoms with Crippen LogP contribution in [0.4, 0.5) is 0 Å². The summed E-state index contributed by atoms with van der Waals surface area (Å²) in [5, 5.41) is 0. The van der Waals surface area contributed by atoms with E-state index in [0.717, 1.165) is 12.2 Å². The fraction of sp³-hybridized carbons (Fsp3) is 0.467. The lowest BCUT2D eigenvalue weighted by atomic mass is 9.73. The molecule has 0 aliphatic heterocycles. The Labute approximate surface area is 97.1 Å². The quantitative estimate of drug-likeness (QED) is 0.649. The van der Waals surface area contributed by atoms with Gasteiger partial charge in [-0.1, -0.05) is 37.1 Å². The maximum atomic E-state index is 5.48. The van der Waals surface area contributed by atoms with Gasteiger partial charge in [-0.15, -0.1) is 0 Å². The van der Waals surface area contributed by atoms with Crippen LogP contribution in [0.5, 0.6) is 5.75 Å². The van der Waals surface area contributed by atoms with Gasteiger partial charge in [0.2, 0.25) is 0 Å². The van der Waals surface area contributed by atoms with E-state index in [0.29, 0.717) is 5.41 Å². The third-order valence-corrected chi connectivity index (χ3v) is 4.14. The van der Waals surface area contributed by atoms with E-state index in [9.17, 15) is 0 Å². The van der Waals surface area contributed by atoms with Crippen molar-refractivity contribution < 1.29 is 4.74 Å². The van der Waals surface area contributed by atoms with Crippen molar-refractivity contribution in [1.82, 2.24) is 0 Å². The van der Waals surface area contributed by atoms with Crippen molar-refractivity contribution in [3.63, 3.8) is 0 Å². The first kappa shape index (κ1) is 9.95. The lowest BCUT2D eigenvalue weighted by molar-refractivity contribution is 0.406. The molecule has 2 aliphatic carbocycles. The minimum Gasteiger partial charge on any atom is -0.496 e. The number of methoxy groups -OCH3 is 1. The van der Waals surface area contributed by atoms with Crippen LogP contribution < -0.4 is 4.74 Å². The number of allylic oxidation sites excluding steroid dienone is 2. The van der Waals surface area contributed by atoms with Gasteiger partial charge in [-0.05, 0) is 30.9 Å². The molecule has 1 nitrogen and oxygen atoms in total. The molecule has 84 valence electrons. The van der Waals surface area contributed by atoms with Crippen molar-refractivity contribution >= 4 is 0 Å². The maximum absolute atomic E-state index is 5.48. The zero-order valence-corrected chi connectivity index (χ0v) is 9.83. The van der Waals surface area contributed by atoms with Gasteiger partial charge in [0.05, 0.1) is 7.11 Å². The van der Waals surface area contributed by atoms with E-state index in [1.165, 1.54) is 36.8 Å². The molecule has 3 rings (SSSR count). The van der Waals surface area contributed by atoms with Gasteiger partial charge in [-0.3, -0.25) is 0 Å². The van der Waals surface area contributed by atoms with Crippen LogP contribution in [0.1, 0.15) is 36.8 Å². The van der Waals surface area contributed by atoms with Crippen molar-refractivity contribution in [1.29, 1.82) is 0 Å². The number of rotatable bonds is 1. The Morgan fingerprint density at radius 2 is 2.00 bits per heavy atom. The molecule has 1 heteroatoms. The van der Waals surface area contributed by atoms with Crippen LogP contribution >= 0.6 is 0 Å². The Morgan fingerprint density at radius 3 is 2.75 bits per heavy atom. The molecule has 0 bridgehead atoms. The molecule has 1 spiro atoms. The summed E-state index contributed by atoms with van der Waals surface area (Å²) >= 11 is 0. The van der Waals surface area contributed by atoms with Crippen LogP contribution in [0.2, 0.25) is 0 Å². The molecule has 1 fully saturated rings. The average Bonchev–Trinajstić information content (AvgIpc) is 2.78. The molecule has 0 unspecified atom stereocenters. The van der Waals surface area contributed by atoms with E-state index in [1.807, 2.05) is 0 Å². The molecule has 0 atom stereocenters. The monoisotopic (exact) mass is 214 g/mol. The van der Waals surface area contributed by atoms with Crippen molar-refractivity contribution in [3.8, 4) is 5.75 Å². The first-order chi connectivity index (χ1) is 7.86. The first-order valence-electron chi connectivity index (χ1n) is 6.20. The fourth-order valence-corrected chi connectivity index (χ4v) is 3.37. The molecule has 1 aromatic carbocycles. The number of ether oxygens (including phenoxy) is 1.